The Labute approximate surface area is 133 Å². The van der Waals surface area contributed by atoms with Crippen LogP contribution in [-0.2, 0) is 13.5 Å². The molecule has 0 N–H and O–H groups in total. The van der Waals surface area contributed by atoms with Gasteiger partial charge in [0.25, 0.3) is 0 Å². The molecule has 0 atom stereocenters. The highest BCUT2D eigenvalue weighted by Crippen LogP contribution is 2.21. The zero-order chi connectivity index (χ0) is 15.8. The fraction of sp³-hybridized carbons (Fsp3) is 0.176. The first-order valence-corrected chi connectivity index (χ1v) is 7.46. The molecule has 0 aliphatic heterocycles. The van der Waals surface area contributed by atoms with E-state index in [2.05, 4.69) is 26.2 Å². The van der Waals surface area contributed by atoms with E-state index >= 15 is 0 Å². The van der Waals surface area contributed by atoms with E-state index < -0.39 is 0 Å². The Bertz CT molecular complexity index is 967. The van der Waals surface area contributed by atoms with Gasteiger partial charge in [-0.25, -0.2) is 9.50 Å². The Morgan fingerprint density at radius 1 is 1.09 bits per heavy atom. The molecule has 0 bridgehead atoms. The molecule has 0 saturated carbocycles. The molecule has 4 aromatic rings. The number of nitrogens with zero attached hydrogens (tertiary/aromatic N) is 6. The number of aromatic nitrogens is 6. The van der Waals surface area contributed by atoms with Crippen LogP contribution >= 0.6 is 0 Å². The smallest absolute Gasteiger partial charge is 0.181 e. The zero-order valence-corrected chi connectivity index (χ0v) is 13.0. The molecule has 0 fully saturated rings. The van der Waals surface area contributed by atoms with Gasteiger partial charge in [0.05, 0.1) is 12.1 Å². The predicted molar refractivity (Wildman–Crippen MR) is 87.0 cm³/mol. The molecule has 23 heavy (non-hydrogen) atoms. The van der Waals surface area contributed by atoms with Gasteiger partial charge in [-0.15, -0.1) is 0 Å². The standard InChI is InChI=1S/C17H16N6/c1-12-10-14(22(2)20-12)11-15-19-17-16(13-6-4-3-5-7-13)18-8-9-23(17)21-15/h3-10H,11H2,1-2H3. The fourth-order valence-corrected chi connectivity index (χ4v) is 2.73. The average molecular weight is 304 g/mol. The monoisotopic (exact) mass is 304 g/mol. The van der Waals surface area contributed by atoms with E-state index in [0.717, 1.165) is 34.1 Å². The first-order chi connectivity index (χ1) is 11.2. The maximum atomic E-state index is 4.68. The summed E-state index contributed by atoms with van der Waals surface area (Å²) >= 11 is 0. The van der Waals surface area contributed by atoms with Crippen LogP contribution in [0.4, 0.5) is 0 Å². The summed E-state index contributed by atoms with van der Waals surface area (Å²) in [5.74, 6) is 0.762. The van der Waals surface area contributed by atoms with Crippen molar-refractivity contribution in [1.82, 2.24) is 29.4 Å². The van der Waals surface area contributed by atoms with Crippen molar-refractivity contribution in [3.63, 3.8) is 0 Å². The van der Waals surface area contributed by atoms with Crippen LogP contribution in [0.5, 0.6) is 0 Å². The van der Waals surface area contributed by atoms with E-state index in [0.29, 0.717) is 6.42 Å². The molecule has 0 amide bonds. The molecule has 0 unspecified atom stereocenters. The van der Waals surface area contributed by atoms with E-state index in [4.69, 9.17) is 0 Å². The lowest BCUT2D eigenvalue weighted by atomic mass is 10.1. The largest absolute Gasteiger partial charge is 0.272 e. The number of hydrogen-bond acceptors (Lipinski definition) is 4. The van der Waals surface area contributed by atoms with Crippen molar-refractivity contribution in [3.8, 4) is 11.3 Å². The number of fused-ring (bicyclic) bond motifs is 1. The SMILES string of the molecule is Cc1cc(Cc2nc3c(-c4ccccc4)nccn3n2)n(C)n1. The lowest BCUT2D eigenvalue weighted by Gasteiger charge is -2.00. The van der Waals surface area contributed by atoms with Gasteiger partial charge in [-0.2, -0.15) is 10.2 Å². The van der Waals surface area contributed by atoms with Crippen LogP contribution in [0.25, 0.3) is 16.9 Å². The number of aryl methyl sites for hydroxylation is 2. The quantitative estimate of drug-likeness (QED) is 0.583. The first kappa shape index (κ1) is 13.6. The molecule has 114 valence electrons. The van der Waals surface area contributed by atoms with Gasteiger partial charge in [0.2, 0.25) is 0 Å². The molecule has 0 aliphatic rings. The summed E-state index contributed by atoms with van der Waals surface area (Å²) in [6.45, 7) is 1.98. The normalized spacial score (nSPS) is 11.2. The molecule has 0 aliphatic carbocycles. The molecule has 0 saturated heterocycles. The van der Waals surface area contributed by atoms with Gasteiger partial charge < -0.3 is 0 Å². The highest BCUT2D eigenvalue weighted by molar-refractivity contribution is 5.73. The van der Waals surface area contributed by atoms with Crippen LogP contribution in [0.2, 0.25) is 0 Å². The Morgan fingerprint density at radius 2 is 1.91 bits per heavy atom. The maximum Gasteiger partial charge on any atom is 0.181 e. The minimum atomic E-state index is 0.646. The third-order valence-corrected chi connectivity index (χ3v) is 3.78. The Balaban J connectivity index is 1.78. The van der Waals surface area contributed by atoms with E-state index in [1.165, 1.54) is 0 Å². The van der Waals surface area contributed by atoms with Crippen LogP contribution in [0, 0.1) is 6.92 Å². The van der Waals surface area contributed by atoms with Crippen molar-refractivity contribution >= 4 is 5.65 Å². The minimum Gasteiger partial charge on any atom is -0.272 e. The molecular weight excluding hydrogens is 288 g/mol. The molecule has 6 nitrogen and oxygen atoms in total. The minimum absolute atomic E-state index is 0.646. The zero-order valence-electron chi connectivity index (χ0n) is 13.0. The van der Waals surface area contributed by atoms with Gasteiger partial charge >= 0.3 is 0 Å². The maximum absolute atomic E-state index is 4.68. The Kier molecular flexibility index (Phi) is 3.15. The summed E-state index contributed by atoms with van der Waals surface area (Å²) < 4.78 is 3.66. The third-order valence-electron chi connectivity index (χ3n) is 3.78. The summed E-state index contributed by atoms with van der Waals surface area (Å²) in [5.41, 5.74) is 4.74. The van der Waals surface area contributed by atoms with Crippen molar-refractivity contribution in [2.45, 2.75) is 13.3 Å². The van der Waals surface area contributed by atoms with E-state index in [1.807, 2.05) is 55.2 Å². The molecule has 0 spiro atoms. The van der Waals surface area contributed by atoms with Gasteiger partial charge in [0.15, 0.2) is 11.5 Å². The van der Waals surface area contributed by atoms with Crippen LogP contribution in [0.1, 0.15) is 17.2 Å². The van der Waals surface area contributed by atoms with E-state index in [9.17, 15) is 0 Å². The second-order valence-corrected chi connectivity index (χ2v) is 5.52. The van der Waals surface area contributed by atoms with E-state index in [-0.39, 0.29) is 0 Å². The van der Waals surface area contributed by atoms with Crippen LogP contribution < -0.4 is 0 Å². The summed E-state index contributed by atoms with van der Waals surface area (Å²) in [7, 11) is 1.94. The molecule has 4 rings (SSSR count). The molecule has 0 radical (unpaired) electrons. The Morgan fingerprint density at radius 3 is 2.65 bits per heavy atom. The van der Waals surface area contributed by atoms with Crippen molar-refractivity contribution in [2.24, 2.45) is 7.05 Å². The molecule has 3 heterocycles. The lowest BCUT2D eigenvalue weighted by molar-refractivity contribution is 0.708. The highest BCUT2D eigenvalue weighted by atomic mass is 15.3. The summed E-state index contributed by atoms with van der Waals surface area (Å²) in [6, 6.07) is 12.1. The van der Waals surface area contributed by atoms with Gasteiger partial charge in [0, 0.05) is 30.7 Å². The average Bonchev–Trinajstić information content (AvgIpc) is 3.10. The summed E-state index contributed by atoms with van der Waals surface area (Å²) in [5, 5.41) is 8.94. The molecular formula is C17H16N6. The summed E-state index contributed by atoms with van der Waals surface area (Å²) in [4.78, 5) is 9.16. The molecule has 3 aromatic heterocycles. The van der Waals surface area contributed by atoms with Crippen molar-refractivity contribution in [3.05, 3.63) is 66.0 Å². The van der Waals surface area contributed by atoms with Crippen LogP contribution in [-0.4, -0.2) is 29.4 Å². The van der Waals surface area contributed by atoms with Crippen molar-refractivity contribution in [1.29, 1.82) is 0 Å². The predicted octanol–water partition coefficient (Wildman–Crippen LogP) is 2.42. The second-order valence-electron chi connectivity index (χ2n) is 5.52. The van der Waals surface area contributed by atoms with Gasteiger partial charge in [-0.1, -0.05) is 30.3 Å². The number of rotatable bonds is 3. The Hall–Kier alpha value is -3.02. The van der Waals surface area contributed by atoms with Gasteiger partial charge in [-0.3, -0.25) is 9.67 Å². The van der Waals surface area contributed by atoms with Gasteiger partial charge in [-0.05, 0) is 13.0 Å². The first-order valence-electron chi connectivity index (χ1n) is 7.46. The molecule has 6 heteroatoms. The van der Waals surface area contributed by atoms with Crippen LogP contribution in [0.15, 0.2) is 48.8 Å². The highest BCUT2D eigenvalue weighted by Gasteiger charge is 2.12. The van der Waals surface area contributed by atoms with Crippen LogP contribution in [0.3, 0.4) is 0 Å². The second kappa shape index (κ2) is 5.31. The van der Waals surface area contributed by atoms with Crippen molar-refractivity contribution in [2.75, 3.05) is 0 Å². The lowest BCUT2D eigenvalue weighted by Crippen LogP contribution is -2.00. The fourth-order valence-electron chi connectivity index (χ4n) is 2.73. The molecule has 1 aromatic carbocycles. The third kappa shape index (κ3) is 2.48. The number of benzene rings is 1. The van der Waals surface area contributed by atoms with Crippen molar-refractivity contribution < 1.29 is 0 Å². The van der Waals surface area contributed by atoms with Gasteiger partial charge in [0.1, 0.15) is 5.69 Å². The topological polar surface area (TPSA) is 60.9 Å². The summed E-state index contributed by atoms with van der Waals surface area (Å²) in [6.07, 6.45) is 4.22. The number of hydrogen-bond donors (Lipinski definition) is 0. The van der Waals surface area contributed by atoms with E-state index in [1.54, 1.807) is 10.7 Å².